The molecule has 92 valence electrons. The second kappa shape index (κ2) is 6.68. The minimum atomic E-state index is -0.136. The van der Waals surface area contributed by atoms with Gasteiger partial charge in [0.2, 0.25) is 11.8 Å². The molecule has 1 N–H and O–H groups in total. The molecule has 2 amide bonds. The maximum atomic E-state index is 11.6. The quantitative estimate of drug-likeness (QED) is 0.840. The minimum absolute atomic E-state index is 0.0688. The number of carbonyl (C=O) groups is 2. The highest BCUT2D eigenvalue weighted by atomic mass is 16.2. The Hall–Kier alpha value is -1.84. The van der Waals surface area contributed by atoms with Crippen molar-refractivity contribution in [1.29, 1.82) is 0 Å². The van der Waals surface area contributed by atoms with Gasteiger partial charge in [0.1, 0.15) is 6.54 Å². The van der Waals surface area contributed by atoms with Gasteiger partial charge in [0, 0.05) is 19.2 Å². The molecule has 0 radical (unpaired) electrons. The van der Waals surface area contributed by atoms with Crippen LogP contribution in [0.2, 0.25) is 0 Å². The second-order valence-electron chi connectivity index (χ2n) is 3.79. The highest BCUT2D eigenvalue weighted by molar-refractivity contribution is 5.97. The number of nitrogens with one attached hydrogen (secondary N) is 1. The average Bonchev–Trinajstić information content (AvgIpc) is 2.34. The summed E-state index contributed by atoms with van der Waals surface area (Å²) in [6.45, 7) is 4.15. The van der Waals surface area contributed by atoms with Crippen LogP contribution in [0.25, 0.3) is 0 Å². The van der Waals surface area contributed by atoms with Crippen molar-refractivity contribution in [2.75, 3.05) is 18.0 Å². The summed E-state index contributed by atoms with van der Waals surface area (Å²) in [6, 6.07) is 9.19. The summed E-state index contributed by atoms with van der Waals surface area (Å²) >= 11 is 0. The van der Waals surface area contributed by atoms with Gasteiger partial charge in [-0.3, -0.25) is 9.59 Å². The van der Waals surface area contributed by atoms with Gasteiger partial charge < -0.3 is 10.2 Å². The first kappa shape index (κ1) is 13.2. The predicted molar refractivity (Wildman–Crippen MR) is 67.8 cm³/mol. The zero-order valence-corrected chi connectivity index (χ0v) is 10.3. The largest absolute Gasteiger partial charge is 0.355 e. The Kier molecular flexibility index (Phi) is 5.20. The number of benzene rings is 1. The summed E-state index contributed by atoms with van der Waals surface area (Å²) in [5.74, 6) is -0.270. The summed E-state index contributed by atoms with van der Waals surface area (Å²) in [4.78, 5) is 24.5. The molecule has 0 atom stereocenters. The Bertz CT molecular complexity index is 376. The molecule has 0 bridgehead atoms. The van der Waals surface area contributed by atoms with E-state index in [4.69, 9.17) is 0 Å². The van der Waals surface area contributed by atoms with E-state index in [2.05, 4.69) is 5.32 Å². The van der Waals surface area contributed by atoms with E-state index in [0.717, 1.165) is 12.1 Å². The van der Waals surface area contributed by atoms with Gasteiger partial charge >= 0.3 is 0 Å². The third-order valence-electron chi connectivity index (χ3n) is 2.32. The fourth-order valence-electron chi connectivity index (χ4n) is 1.46. The van der Waals surface area contributed by atoms with Crippen molar-refractivity contribution in [2.45, 2.75) is 20.3 Å². The van der Waals surface area contributed by atoms with Crippen LogP contribution in [0, 0.1) is 0 Å². The molecule has 1 aromatic carbocycles. The van der Waals surface area contributed by atoms with Crippen molar-refractivity contribution < 1.29 is 9.59 Å². The molecule has 1 aromatic rings. The first-order valence-electron chi connectivity index (χ1n) is 5.75. The normalized spacial score (nSPS) is 9.76. The molecule has 4 nitrogen and oxygen atoms in total. The number of rotatable bonds is 5. The smallest absolute Gasteiger partial charge is 0.240 e. The maximum absolute atomic E-state index is 11.6. The first-order chi connectivity index (χ1) is 8.15. The minimum Gasteiger partial charge on any atom is -0.355 e. The Morgan fingerprint density at radius 3 is 2.41 bits per heavy atom. The number of carbonyl (C=O) groups excluding carboxylic acids is 2. The topological polar surface area (TPSA) is 49.4 Å². The van der Waals surface area contributed by atoms with E-state index < -0.39 is 0 Å². The van der Waals surface area contributed by atoms with Crippen LogP contribution >= 0.6 is 0 Å². The summed E-state index contributed by atoms with van der Waals surface area (Å²) in [7, 11) is 0. The van der Waals surface area contributed by atoms with E-state index in [1.54, 1.807) is 0 Å². The molecule has 0 saturated carbocycles. The van der Waals surface area contributed by atoms with Crippen molar-refractivity contribution in [3.05, 3.63) is 30.3 Å². The van der Waals surface area contributed by atoms with Gasteiger partial charge in [0.25, 0.3) is 0 Å². The lowest BCUT2D eigenvalue weighted by Crippen LogP contribution is -2.40. The maximum Gasteiger partial charge on any atom is 0.240 e. The summed E-state index contributed by atoms with van der Waals surface area (Å²) in [6.07, 6.45) is 0.886. The second-order valence-corrected chi connectivity index (χ2v) is 3.79. The molecule has 0 aromatic heterocycles. The number of hydrogen-bond donors (Lipinski definition) is 1. The average molecular weight is 234 g/mol. The lowest BCUT2D eigenvalue weighted by molar-refractivity contribution is -0.123. The number of hydrogen-bond acceptors (Lipinski definition) is 2. The molecular weight excluding hydrogens is 216 g/mol. The van der Waals surface area contributed by atoms with E-state index in [0.29, 0.717) is 6.54 Å². The monoisotopic (exact) mass is 234 g/mol. The van der Waals surface area contributed by atoms with Crippen molar-refractivity contribution in [3.8, 4) is 0 Å². The van der Waals surface area contributed by atoms with Crippen LogP contribution in [0.5, 0.6) is 0 Å². The van der Waals surface area contributed by atoms with Crippen LogP contribution < -0.4 is 10.2 Å². The van der Waals surface area contributed by atoms with E-state index >= 15 is 0 Å². The predicted octanol–water partition coefficient (Wildman–Crippen LogP) is 1.57. The number of nitrogens with zero attached hydrogens (tertiary/aromatic N) is 1. The molecule has 0 unspecified atom stereocenters. The van der Waals surface area contributed by atoms with E-state index in [1.807, 2.05) is 37.3 Å². The molecule has 0 saturated heterocycles. The van der Waals surface area contributed by atoms with Crippen LogP contribution in [-0.2, 0) is 9.59 Å². The van der Waals surface area contributed by atoms with Gasteiger partial charge in [-0.2, -0.15) is 0 Å². The summed E-state index contributed by atoms with van der Waals surface area (Å²) in [5, 5.41) is 2.75. The van der Waals surface area contributed by atoms with Gasteiger partial charge in [-0.05, 0) is 18.6 Å². The van der Waals surface area contributed by atoms with Crippen LogP contribution in [-0.4, -0.2) is 24.9 Å². The van der Waals surface area contributed by atoms with Gasteiger partial charge in [0.05, 0.1) is 0 Å². The summed E-state index contributed by atoms with van der Waals surface area (Å²) < 4.78 is 0. The van der Waals surface area contributed by atoms with Gasteiger partial charge in [-0.25, -0.2) is 0 Å². The Morgan fingerprint density at radius 1 is 1.24 bits per heavy atom. The zero-order valence-electron chi connectivity index (χ0n) is 10.3. The highest BCUT2D eigenvalue weighted by Gasteiger charge is 2.14. The SMILES string of the molecule is CCCNC(=O)CN(C(C)=O)c1ccccc1. The fourth-order valence-corrected chi connectivity index (χ4v) is 1.46. The van der Waals surface area contributed by atoms with Crippen LogP contribution in [0.1, 0.15) is 20.3 Å². The zero-order chi connectivity index (χ0) is 12.7. The van der Waals surface area contributed by atoms with Crippen molar-refractivity contribution >= 4 is 17.5 Å². The molecule has 0 aliphatic rings. The molecule has 0 spiro atoms. The summed E-state index contributed by atoms with van der Waals surface area (Å²) in [5.41, 5.74) is 0.742. The van der Waals surface area contributed by atoms with Crippen LogP contribution in [0.15, 0.2) is 30.3 Å². The first-order valence-corrected chi connectivity index (χ1v) is 5.75. The number of amides is 2. The van der Waals surface area contributed by atoms with Crippen molar-refractivity contribution in [2.24, 2.45) is 0 Å². The lowest BCUT2D eigenvalue weighted by atomic mass is 10.3. The van der Waals surface area contributed by atoms with Crippen molar-refractivity contribution in [3.63, 3.8) is 0 Å². The fraction of sp³-hybridized carbons (Fsp3) is 0.385. The van der Waals surface area contributed by atoms with Gasteiger partial charge in [0.15, 0.2) is 0 Å². The molecule has 0 heterocycles. The van der Waals surface area contributed by atoms with Crippen molar-refractivity contribution in [1.82, 2.24) is 5.32 Å². The molecule has 0 aliphatic heterocycles. The Balaban J connectivity index is 2.68. The standard InChI is InChI=1S/C13H18N2O2/c1-3-9-14-13(17)10-15(11(2)16)12-7-5-4-6-8-12/h4-8H,3,9-10H2,1-2H3,(H,14,17). The molecule has 0 aliphatic carbocycles. The molecule has 17 heavy (non-hydrogen) atoms. The van der Waals surface area contributed by atoms with E-state index in [1.165, 1.54) is 11.8 Å². The van der Waals surface area contributed by atoms with Crippen LogP contribution in [0.3, 0.4) is 0 Å². The van der Waals surface area contributed by atoms with Crippen LogP contribution in [0.4, 0.5) is 5.69 Å². The molecule has 4 heteroatoms. The molecule has 0 fully saturated rings. The van der Waals surface area contributed by atoms with E-state index in [-0.39, 0.29) is 18.4 Å². The van der Waals surface area contributed by atoms with E-state index in [9.17, 15) is 9.59 Å². The molecule has 1 rings (SSSR count). The third kappa shape index (κ3) is 4.26. The number of anilines is 1. The van der Waals surface area contributed by atoms with Gasteiger partial charge in [-0.1, -0.05) is 25.1 Å². The van der Waals surface area contributed by atoms with Gasteiger partial charge in [-0.15, -0.1) is 0 Å². The molecular formula is C13H18N2O2. The highest BCUT2D eigenvalue weighted by Crippen LogP contribution is 2.12. The number of para-hydroxylation sites is 1. The lowest BCUT2D eigenvalue weighted by Gasteiger charge is -2.20. The Labute approximate surface area is 102 Å². The third-order valence-corrected chi connectivity index (χ3v) is 2.32. The Morgan fingerprint density at radius 2 is 1.88 bits per heavy atom.